The first-order valence-corrected chi connectivity index (χ1v) is 6.32. The third-order valence-corrected chi connectivity index (χ3v) is 3.12. The number of nitrogens with zero attached hydrogens (tertiary/aromatic N) is 1. The zero-order valence-electron chi connectivity index (χ0n) is 9.92. The number of nitrogens with one attached hydrogen (secondary N) is 2. The zero-order valence-corrected chi connectivity index (χ0v) is 10.7. The fraction of sp³-hybridized carbons (Fsp3) is 0.417. The van der Waals surface area contributed by atoms with Gasteiger partial charge in [0.2, 0.25) is 5.96 Å². The van der Waals surface area contributed by atoms with Crippen LogP contribution >= 0.6 is 11.6 Å². The van der Waals surface area contributed by atoms with Crippen LogP contribution in [0.2, 0.25) is 5.02 Å². The molecule has 18 heavy (non-hydrogen) atoms. The van der Waals surface area contributed by atoms with Crippen LogP contribution in [-0.2, 0) is 0 Å². The molecule has 0 unspecified atom stereocenters. The molecule has 1 fully saturated rings. The molecule has 2 rings (SSSR count). The maximum atomic E-state index is 13.2. The molecular formula is C12H16ClFN4. The summed E-state index contributed by atoms with van der Waals surface area (Å²) >= 11 is 5.78. The Balaban J connectivity index is 2.09. The van der Waals surface area contributed by atoms with Crippen molar-refractivity contribution in [3.05, 3.63) is 29.0 Å². The second-order valence-electron chi connectivity index (χ2n) is 4.34. The molecule has 0 aliphatic heterocycles. The van der Waals surface area contributed by atoms with Crippen LogP contribution in [0.5, 0.6) is 0 Å². The van der Waals surface area contributed by atoms with E-state index in [-0.39, 0.29) is 6.04 Å². The second-order valence-corrected chi connectivity index (χ2v) is 4.78. The van der Waals surface area contributed by atoms with Crippen LogP contribution in [0.15, 0.2) is 23.2 Å². The summed E-state index contributed by atoms with van der Waals surface area (Å²) in [5.41, 5.74) is 3.01. The highest BCUT2D eigenvalue weighted by atomic mass is 35.5. The molecule has 1 aliphatic carbocycles. The standard InChI is InChI=1S/C12H16ClFN4/c13-8-5-9(14)7-11(6-8)17-12(18-15)16-10-3-1-2-4-10/h5-7,10H,1-4,15H2,(H2,16,17,18). The zero-order chi connectivity index (χ0) is 13.0. The molecule has 1 saturated carbocycles. The van der Waals surface area contributed by atoms with Crippen LogP contribution in [0.25, 0.3) is 0 Å². The average Bonchev–Trinajstić information content (AvgIpc) is 2.79. The number of rotatable bonds is 2. The summed E-state index contributed by atoms with van der Waals surface area (Å²) in [7, 11) is 0. The Morgan fingerprint density at radius 2 is 2.06 bits per heavy atom. The van der Waals surface area contributed by atoms with Gasteiger partial charge in [0.05, 0.1) is 6.04 Å². The Morgan fingerprint density at radius 3 is 2.67 bits per heavy atom. The molecular weight excluding hydrogens is 255 g/mol. The highest BCUT2D eigenvalue weighted by Crippen LogP contribution is 2.21. The van der Waals surface area contributed by atoms with E-state index in [2.05, 4.69) is 15.7 Å². The molecule has 4 nitrogen and oxygen atoms in total. The highest BCUT2D eigenvalue weighted by Gasteiger charge is 2.14. The molecule has 0 amide bonds. The van der Waals surface area contributed by atoms with Crippen LogP contribution in [0.1, 0.15) is 25.7 Å². The lowest BCUT2D eigenvalue weighted by Gasteiger charge is -2.12. The van der Waals surface area contributed by atoms with Crippen molar-refractivity contribution < 1.29 is 4.39 Å². The van der Waals surface area contributed by atoms with Gasteiger partial charge in [0.15, 0.2) is 0 Å². The van der Waals surface area contributed by atoms with Gasteiger partial charge in [-0.15, -0.1) is 0 Å². The van der Waals surface area contributed by atoms with Gasteiger partial charge in [-0.2, -0.15) is 0 Å². The van der Waals surface area contributed by atoms with E-state index in [1.165, 1.54) is 25.0 Å². The number of hydrogen-bond acceptors (Lipinski definition) is 2. The topological polar surface area (TPSA) is 62.4 Å². The summed E-state index contributed by atoms with van der Waals surface area (Å²) in [6.45, 7) is 0. The van der Waals surface area contributed by atoms with Crippen molar-refractivity contribution in [2.45, 2.75) is 31.7 Å². The minimum atomic E-state index is -0.401. The predicted octanol–water partition coefficient (Wildman–Crippen LogP) is 2.65. The van der Waals surface area contributed by atoms with Gasteiger partial charge < -0.3 is 5.32 Å². The van der Waals surface area contributed by atoms with Gasteiger partial charge in [-0.25, -0.2) is 15.2 Å². The molecule has 0 aromatic heterocycles. The number of benzene rings is 1. The Labute approximate surface area is 110 Å². The highest BCUT2D eigenvalue weighted by molar-refractivity contribution is 6.30. The first-order valence-electron chi connectivity index (χ1n) is 5.95. The fourth-order valence-electron chi connectivity index (χ4n) is 2.08. The van der Waals surface area contributed by atoms with Crippen molar-refractivity contribution in [1.29, 1.82) is 0 Å². The lowest BCUT2D eigenvalue weighted by molar-refractivity contribution is 0.628. The minimum absolute atomic E-state index is 0.285. The quantitative estimate of drug-likeness (QED) is 0.335. The van der Waals surface area contributed by atoms with E-state index in [0.29, 0.717) is 16.7 Å². The van der Waals surface area contributed by atoms with Crippen molar-refractivity contribution in [2.75, 3.05) is 5.32 Å². The van der Waals surface area contributed by atoms with Crippen molar-refractivity contribution in [2.24, 2.45) is 10.8 Å². The molecule has 98 valence electrons. The van der Waals surface area contributed by atoms with Crippen LogP contribution in [0.3, 0.4) is 0 Å². The van der Waals surface area contributed by atoms with Crippen LogP contribution in [0, 0.1) is 5.82 Å². The van der Waals surface area contributed by atoms with E-state index in [4.69, 9.17) is 17.4 Å². The summed E-state index contributed by atoms with van der Waals surface area (Å²) in [6, 6.07) is 4.49. The van der Waals surface area contributed by atoms with Gasteiger partial charge in [-0.3, -0.25) is 5.43 Å². The molecule has 0 radical (unpaired) electrons. The molecule has 1 aromatic rings. The Hall–Kier alpha value is -1.33. The normalized spacial score (nSPS) is 16.9. The molecule has 1 aromatic carbocycles. The van der Waals surface area contributed by atoms with E-state index in [1.54, 1.807) is 6.07 Å². The summed E-state index contributed by atoms with van der Waals surface area (Å²) in [5.74, 6) is 5.44. The van der Waals surface area contributed by atoms with Crippen molar-refractivity contribution in [3.8, 4) is 0 Å². The largest absolute Gasteiger partial charge is 0.325 e. The Kier molecular flexibility index (Phi) is 4.38. The van der Waals surface area contributed by atoms with Gasteiger partial charge in [0.25, 0.3) is 0 Å². The molecule has 0 spiro atoms. The van der Waals surface area contributed by atoms with Crippen LogP contribution in [-0.4, -0.2) is 12.0 Å². The van der Waals surface area contributed by atoms with E-state index < -0.39 is 5.82 Å². The number of nitrogens with two attached hydrogens (primary N) is 1. The maximum absolute atomic E-state index is 13.2. The third-order valence-electron chi connectivity index (χ3n) is 2.90. The van der Waals surface area contributed by atoms with E-state index in [1.807, 2.05) is 0 Å². The second kappa shape index (κ2) is 6.02. The average molecular weight is 271 g/mol. The number of hydrazine groups is 1. The van der Waals surface area contributed by atoms with Gasteiger partial charge in [0, 0.05) is 10.7 Å². The summed E-state index contributed by atoms with van der Waals surface area (Å²) in [4.78, 5) is 4.45. The molecule has 1 aliphatic rings. The monoisotopic (exact) mass is 270 g/mol. The number of aliphatic imine (C=N–C) groups is 1. The van der Waals surface area contributed by atoms with Gasteiger partial charge in [0.1, 0.15) is 5.82 Å². The van der Waals surface area contributed by atoms with E-state index in [0.717, 1.165) is 12.8 Å². The number of halogens is 2. The minimum Gasteiger partial charge on any atom is -0.325 e. The van der Waals surface area contributed by atoms with E-state index >= 15 is 0 Å². The van der Waals surface area contributed by atoms with Crippen LogP contribution < -0.4 is 16.6 Å². The SMILES string of the molecule is NNC(=NC1CCCC1)Nc1cc(F)cc(Cl)c1. The number of anilines is 1. The van der Waals surface area contributed by atoms with Gasteiger partial charge in [-0.05, 0) is 31.0 Å². The molecule has 0 heterocycles. The lowest BCUT2D eigenvalue weighted by atomic mass is 10.3. The maximum Gasteiger partial charge on any atom is 0.210 e. The van der Waals surface area contributed by atoms with Crippen LogP contribution in [0.4, 0.5) is 10.1 Å². The van der Waals surface area contributed by atoms with Crippen molar-refractivity contribution in [3.63, 3.8) is 0 Å². The van der Waals surface area contributed by atoms with Crippen molar-refractivity contribution >= 4 is 23.2 Å². The first-order chi connectivity index (χ1) is 8.67. The Morgan fingerprint density at radius 1 is 1.33 bits per heavy atom. The summed E-state index contributed by atoms with van der Waals surface area (Å²) in [5, 5.41) is 3.26. The predicted molar refractivity (Wildman–Crippen MR) is 72.0 cm³/mol. The van der Waals surface area contributed by atoms with Crippen molar-refractivity contribution in [1.82, 2.24) is 5.43 Å². The number of hydrogen-bond donors (Lipinski definition) is 3. The fourth-order valence-corrected chi connectivity index (χ4v) is 2.31. The summed E-state index contributed by atoms with van der Waals surface area (Å²) in [6.07, 6.45) is 4.52. The number of guanidine groups is 1. The van der Waals surface area contributed by atoms with E-state index in [9.17, 15) is 4.39 Å². The first kappa shape index (κ1) is 13.1. The lowest BCUT2D eigenvalue weighted by Crippen LogP contribution is -2.37. The molecule has 0 atom stereocenters. The molecule has 0 bridgehead atoms. The smallest absolute Gasteiger partial charge is 0.210 e. The van der Waals surface area contributed by atoms with Gasteiger partial charge >= 0.3 is 0 Å². The van der Waals surface area contributed by atoms with Gasteiger partial charge in [-0.1, -0.05) is 24.4 Å². The molecule has 4 N–H and O–H groups in total. The summed E-state index contributed by atoms with van der Waals surface area (Å²) < 4.78 is 13.2. The Bertz CT molecular complexity index is 423. The molecule has 0 saturated heterocycles. The third kappa shape index (κ3) is 3.58. The molecule has 6 heteroatoms.